The predicted octanol–water partition coefficient (Wildman–Crippen LogP) is 4.16. The number of hydrogen-bond acceptors (Lipinski definition) is 7. The average Bonchev–Trinajstić information content (AvgIpc) is 2.73. The van der Waals surface area contributed by atoms with Crippen LogP contribution < -0.4 is 15.3 Å². The summed E-state index contributed by atoms with van der Waals surface area (Å²) in [6.07, 6.45) is 2.07. The van der Waals surface area contributed by atoms with Crippen LogP contribution in [0.1, 0.15) is 30.1 Å². The number of nitro benzene ring substituents is 1. The Balaban J connectivity index is 1.60. The van der Waals surface area contributed by atoms with Crippen molar-refractivity contribution in [2.75, 3.05) is 18.0 Å². The normalized spacial score (nSPS) is 16.4. The van der Waals surface area contributed by atoms with E-state index < -0.39 is 16.5 Å². The molecule has 0 radical (unpaired) electrons. The van der Waals surface area contributed by atoms with E-state index in [4.69, 9.17) is 9.15 Å². The van der Waals surface area contributed by atoms with E-state index in [9.17, 15) is 19.7 Å². The van der Waals surface area contributed by atoms with Gasteiger partial charge in [-0.2, -0.15) is 0 Å². The number of carbonyl (C=O) groups excluding carboxylic acids is 1. The third kappa shape index (κ3) is 4.03. The monoisotopic (exact) mass is 408 g/mol. The van der Waals surface area contributed by atoms with Gasteiger partial charge in [0.15, 0.2) is 0 Å². The first kappa shape index (κ1) is 19.6. The first-order chi connectivity index (χ1) is 14.4. The van der Waals surface area contributed by atoms with Crippen LogP contribution in [-0.2, 0) is 0 Å². The summed E-state index contributed by atoms with van der Waals surface area (Å²) in [5.74, 6) is -0.0938. The van der Waals surface area contributed by atoms with Gasteiger partial charge in [0.1, 0.15) is 17.0 Å². The second kappa shape index (κ2) is 7.98. The molecule has 0 spiro atoms. The number of hydrogen-bond donors (Lipinski definition) is 0. The van der Waals surface area contributed by atoms with E-state index >= 15 is 0 Å². The van der Waals surface area contributed by atoms with Gasteiger partial charge in [0.05, 0.1) is 10.5 Å². The molecule has 30 heavy (non-hydrogen) atoms. The van der Waals surface area contributed by atoms with Crippen LogP contribution >= 0.6 is 0 Å². The molecule has 1 fully saturated rings. The third-order valence-corrected chi connectivity index (χ3v) is 5.21. The number of rotatable bonds is 4. The summed E-state index contributed by atoms with van der Waals surface area (Å²) < 4.78 is 10.4. The highest BCUT2D eigenvalue weighted by Gasteiger charge is 2.25. The molecule has 4 rings (SSSR count). The fraction of sp³-hybridized carbons (Fsp3) is 0.273. The quantitative estimate of drug-likeness (QED) is 0.210. The predicted molar refractivity (Wildman–Crippen MR) is 111 cm³/mol. The zero-order valence-electron chi connectivity index (χ0n) is 16.4. The average molecular weight is 408 g/mol. The molecule has 8 nitrogen and oxygen atoms in total. The molecule has 0 amide bonds. The third-order valence-electron chi connectivity index (χ3n) is 5.21. The van der Waals surface area contributed by atoms with Crippen molar-refractivity contribution < 1.29 is 18.9 Å². The lowest BCUT2D eigenvalue weighted by molar-refractivity contribution is -0.384. The van der Waals surface area contributed by atoms with Crippen molar-refractivity contribution in [2.45, 2.75) is 19.8 Å². The van der Waals surface area contributed by atoms with Gasteiger partial charge in [0.25, 0.3) is 5.69 Å². The number of nitro groups is 1. The van der Waals surface area contributed by atoms with Crippen LogP contribution in [0, 0.1) is 16.0 Å². The van der Waals surface area contributed by atoms with Crippen molar-refractivity contribution in [3.05, 3.63) is 74.6 Å². The molecule has 3 aromatic rings. The van der Waals surface area contributed by atoms with E-state index in [0.29, 0.717) is 17.0 Å². The highest BCUT2D eigenvalue weighted by molar-refractivity contribution is 5.93. The van der Waals surface area contributed by atoms with Gasteiger partial charge >= 0.3 is 11.6 Å². The molecule has 0 unspecified atom stereocenters. The van der Waals surface area contributed by atoms with Crippen molar-refractivity contribution in [1.82, 2.24) is 0 Å². The number of fused-ring (bicyclic) bond motifs is 1. The van der Waals surface area contributed by atoms with Crippen LogP contribution in [0.3, 0.4) is 0 Å². The molecule has 0 saturated carbocycles. The SMILES string of the molecule is C[C@H]1CCCN(c2ccc(C(=O)Oc3ccc4ccc(=O)oc4c3)cc2[N+](=O)[O-])C1. The summed E-state index contributed by atoms with van der Waals surface area (Å²) in [6, 6.07) is 12.0. The summed E-state index contributed by atoms with van der Waals surface area (Å²) in [5.41, 5.74) is 0.237. The maximum Gasteiger partial charge on any atom is 0.343 e. The largest absolute Gasteiger partial charge is 0.423 e. The molecule has 2 aromatic carbocycles. The fourth-order valence-corrected chi connectivity index (χ4v) is 3.74. The minimum atomic E-state index is -0.728. The molecule has 1 saturated heterocycles. The molecule has 1 aliphatic rings. The maximum absolute atomic E-state index is 12.6. The molecule has 1 atom stereocenters. The highest BCUT2D eigenvalue weighted by Crippen LogP contribution is 2.33. The summed E-state index contributed by atoms with van der Waals surface area (Å²) >= 11 is 0. The van der Waals surface area contributed by atoms with Crippen LogP contribution in [0.4, 0.5) is 11.4 Å². The standard InChI is InChI=1S/C22H20N2O6/c1-14-3-2-10-23(13-14)18-8-5-16(11-19(18)24(27)28)22(26)29-17-7-4-15-6-9-21(25)30-20(15)12-17/h4-9,11-12,14H,2-3,10,13H2,1H3/t14-/m0/s1. The molecular weight excluding hydrogens is 388 g/mol. The topological polar surface area (TPSA) is 103 Å². The Bertz CT molecular complexity index is 1190. The second-order valence-corrected chi connectivity index (χ2v) is 7.50. The van der Waals surface area contributed by atoms with E-state index in [2.05, 4.69) is 6.92 Å². The Morgan fingerprint density at radius 3 is 2.77 bits per heavy atom. The van der Waals surface area contributed by atoms with Crippen LogP contribution in [0.15, 0.2) is 57.7 Å². The molecule has 0 aliphatic carbocycles. The van der Waals surface area contributed by atoms with Gasteiger partial charge in [-0.05, 0) is 49.1 Å². The first-order valence-corrected chi connectivity index (χ1v) is 9.70. The Morgan fingerprint density at radius 2 is 2.00 bits per heavy atom. The Labute approximate surface area is 171 Å². The van der Waals surface area contributed by atoms with Crippen LogP contribution in [-0.4, -0.2) is 24.0 Å². The van der Waals surface area contributed by atoms with Crippen LogP contribution in [0.5, 0.6) is 5.75 Å². The Hall–Kier alpha value is -3.68. The Morgan fingerprint density at radius 1 is 1.20 bits per heavy atom. The van der Waals surface area contributed by atoms with Crippen molar-refractivity contribution in [3.63, 3.8) is 0 Å². The minimum absolute atomic E-state index is 0.0742. The minimum Gasteiger partial charge on any atom is -0.423 e. The zero-order chi connectivity index (χ0) is 21.3. The number of benzene rings is 2. The van der Waals surface area contributed by atoms with Gasteiger partial charge in [-0.3, -0.25) is 10.1 Å². The van der Waals surface area contributed by atoms with E-state index in [1.165, 1.54) is 24.3 Å². The fourth-order valence-electron chi connectivity index (χ4n) is 3.74. The molecule has 2 heterocycles. The van der Waals surface area contributed by atoms with Gasteiger partial charge in [-0.15, -0.1) is 0 Å². The number of nitrogens with zero attached hydrogens (tertiary/aromatic N) is 2. The first-order valence-electron chi connectivity index (χ1n) is 9.70. The van der Waals surface area contributed by atoms with Crippen LogP contribution in [0.25, 0.3) is 11.0 Å². The lowest BCUT2D eigenvalue weighted by Crippen LogP contribution is -2.34. The van der Waals surface area contributed by atoms with E-state index in [0.717, 1.165) is 25.9 Å². The molecule has 154 valence electrons. The number of piperidine rings is 1. The number of esters is 1. The van der Waals surface area contributed by atoms with Gasteiger partial charge in [-0.1, -0.05) is 6.92 Å². The van der Waals surface area contributed by atoms with E-state index in [-0.39, 0.29) is 22.6 Å². The second-order valence-electron chi connectivity index (χ2n) is 7.50. The molecule has 1 aromatic heterocycles. The van der Waals surface area contributed by atoms with Crippen molar-refractivity contribution in [2.24, 2.45) is 5.92 Å². The molecule has 0 bridgehead atoms. The smallest absolute Gasteiger partial charge is 0.343 e. The Kier molecular flexibility index (Phi) is 5.22. The summed E-state index contributed by atoms with van der Waals surface area (Å²) in [4.78, 5) is 37.1. The zero-order valence-corrected chi connectivity index (χ0v) is 16.4. The molecule has 0 N–H and O–H groups in total. The van der Waals surface area contributed by atoms with Crippen molar-refractivity contribution >= 4 is 28.3 Å². The van der Waals surface area contributed by atoms with Gasteiger partial charge in [0, 0.05) is 36.7 Å². The maximum atomic E-state index is 12.6. The van der Waals surface area contributed by atoms with Gasteiger partial charge in [-0.25, -0.2) is 9.59 Å². The summed E-state index contributed by atoms with van der Waals surface area (Å²) in [7, 11) is 0. The van der Waals surface area contributed by atoms with E-state index in [1.54, 1.807) is 24.3 Å². The van der Waals surface area contributed by atoms with E-state index in [1.807, 2.05) is 4.90 Å². The van der Waals surface area contributed by atoms with Gasteiger partial charge < -0.3 is 14.1 Å². The molecule has 1 aliphatic heterocycles. The lowest BCUT2D eigenvalue weighted by atomic mass is 9.99. The molecule has 8 heteroatoms. The van der Waals surface area contributed by atoms with Gasteiger partial charge in [0.2, 0.25) is 0 Å². The lowest BCUT2D eigenvalue weighted by Gasteiger charge is -2.32. The van der Waals surface area contributed by atoms with Crippen molar-refractivity contribution in [3.8, 4) is 5.75 Å². The highest BCUT2D eigenvalue weighted by atomic mass is 16.6. The molecular formula is C22H20N2O6. The van der Waals surface area contributed by atoms with Crippen LogP contribution in [0.2, 0.25) is 0 Å². The number of anilines is 1. The number of carbonyl (C=O) groups is 1. The van der Waals surface area contributed by atoms with Crippen molar-refractivity contribution in [1.29, 1.82) is 0 Å². The summed E-state index contributed by atoms with van der Waals surface area (Å²) in [5, 5.41) is 12.3. The number of ether oxygens (including phenoxy) is 1. The summed E-state index contributed by atoms with van der Waals surface area (Å²) in [6.45, 7) is 3.61.